The third-order valence-electron chi connectivity index (χ3n) is 4.77. The highest BCUT2D eigenvalue weighted by molar-refractivity contribution is 7.92. The maximum atomic E-state index is 13.1. The molecule has 7 nitrogen and oxygen atoms in total. The van der Waals surface area contributed by atoms with Gasteiger partial charge in [-0.1, -0.05) is 43.3 Å². The van der Waals surface area contributed by atoms with E-state index in [1.807, 2.05) is 26.0 Å². The van der Waals surface area contributed by atoms with Crippen molar-refractivity contribution in [1.29, 1.82) is 0 Å². The van der Waals surface area contributed by atoms with E-state index in [0.29, 0.717) is 34.5 Å². The van der Waals surface area contributed by atoms with Gasteiger partial charge in [0.1, 0.15) is 0 Å². The van der Waals surface area contributed by atoms with Crippen molar-refractivity contribution in [2.45, 2.75) is 45.4 Å². The molecule has 0 aliphatic heterocycles. The predicted octanol–water partition coefficient (Wildman–Crippen LogP) is 4.53. The monoisotopic (exact) mass is 427 g/mol. The molecule has 1 heterocycles. The lowest BCUT2D eigenvalue weighted by Crippen LogP contribution is -2.14. The van der Waals surface area contributed by atoms with Gasteiger partial charge in [0.15, 0.2) is 0 Å². The number of hydrogen-bond donors (Lipinski definition) is 2. The van der Waals surface area contributed by atoms with Crippen LogP contribution in [0.1, 0.15) is 37.6 Å². The lowest BCUT2D eigenvalue weighted by molar-refractivity contribution is -0.114. The Morgan fingerprint density at radius 1 is 1.07 bits per heavy atom. The maximum Gasteiger partial charge on any atom is 0.262 e. The molecule has 0 atom stereocenters. The van der Waals surface area contributed by atoms with Gasteiger partial charge in [0.2, 0.25) is 11.8 Å². The molecular weight excluding hydrogens is 402 g/mol. The zero-order valence-corrected chi connectivity index (χ0v) is 18.3. The SMILES string of the molecule is CCc1ccc(NS(=O)(=O)c2cc(-c3c(CC)noc3NC(C)=O)ccc2C)cc1. The van der Waals surface area contributed by atoms with Crippen molar-refractivity contribution in [3.63, 3.8) is 0 Å². The van der Waals surface area contributed by atoms with E-state index < -0.39 is 10.0 Å². The summed E-state index contributed by atoms with van der Waals surface area (Å²) in [6.45, 7) is 7.06. The second-order valence-corrected chi connectivity index (χ2v) is 8.66. The second kappa shape index (κ2) is 8.71. The molecule has 0 spiro atoms. The summed E-state index contributed by atoms with van der Waals surface area (Å²) in [7, 11) is -3.82. The Bertz CT molecular complexity index is 1170. The standard InChI is InChI=1S/C22H25N3O4S/c1-5-16-8-11-18(12-9-16)25-30(27,28)20-13-17(10-7-14(20)3)21-19(6-2)24-29-22(21)23-15(4)26/h7-13,25H,5-6H2,1-4H3,(H,23,26). The Hall–Kier alpha value is -3.13. The number of hydrogen-bond acceptors (Lipinski definition) is 5. The minimum atomic E-state index is -3.82. The average molecular weight is 428 g/mol. The molecule has 158 valence electrons. The fraction of sp³-hybridized carbons (Fsp3) is 0.273. The Kier molecular flexibility index (Phi) is 6.26. The van der Waals surface area contributed by atoms with Crippen LogP contribution in [0.2, 0.25) is 0 Å². The minimum Gasteiger partial charge on any atom is -0.337 e. The van der Waals surface area contributed by atoms with Gasteiger partial charge in [0.05, 0.1) is 16.2 Å². The molecule has 30 heavy (non-hydrogen) atoms. The topological polar surface area (TPSA) is 101 Å². The molecule has 0 fully saturated rings. The summed E-state index contributed by atoms with van der Waals surface area (Å²) in [4.78, 5) is 11.7. The van der Waals surface area contributed by atoms with Crippen molar-refractivity contribution in [2.24, 2.45) is 0 Å². The van der Waals surface area contributed by atoms with Crippen molar-refractivity contribution < 1.29 is 17.7 Å². The molecule has 0 saturated heterocycles. The van der Waals surface area contributed by atoms with Crippen molar-refractivity contribution in [3.8, 4) is 11.1 Å². The molecule has 0 bridgehead atoms. The molecule has 0 radical (unpaired) electrons. The zero-order chi connectivity index (χ0) is 21.9. The smallest absolute Gasteiger partial charge is 0.262 e. The van der Waals surface area contributed by atoms with E-state index in [1.165, 1.54) is 6.92 Å². The van der Waals surface area contributed by atoms with Crippen molar-refractivity contribution >= 4 is 27.5 Å². The first kappa shape index (κ1) is 21.6. The third-order valence-corrected chi connectivity index (χ3v) is 6.29. The molecule has 3 aromatic rings. The van der Waals surface area contributed by atoms with Crippen LogP contribution in [-0.2, 0) is 27.7 Å². The lowest BCUT2D eigenvalue weighted by atomic mass is 10.0. The third kappa shape index (κ3) is 4.54. The number of nitrogens with one attached hydrogen (secondary N) is 2. The molecule has 0 aliphatic rings. The van der Waals surface area contributed by atoms with Crippen LogP contribution >= 0.6 is 0 Å². The molecule has 2 N–H and O–H groups in total. The van der Waals surface area contributed by atoms with Gasteiger partial charge in [0, 0.05) is 12.6 Å². The highest BCUT2D eigenvalue weighted by Gasteiger charge is 2.22. The summed E-state index contributed by atoms with van der Waals surface area (Å²) in [5.41, 5.74) is 4.04. The van der Waals surface area contributed by atoms with E-state index in [-0.39, 0.29) is 16.7 Å². The van der Waals surface area contributed by atoms with Crippen LogP contribution in [-0.4, -0.2) is 19.5 Å². The number of carbonyl (C=O) groups is 1. The molecular formula is C22H25N3O4S. The molecule has 2 aromatic carbocycles. The number of rotatable bonds is 7. The number of aryl methyl sites for hydroxylation is 3. The maximum absolute atomic E-state index is 13.1. The van der Waals surface area contributed by atoms with Crippen LogP contribution in [0, 0.1) is 6.92 Å². The summed E-state index contributed by atoms with van der Waals surface area (Å²) in [5, 5.41) is 6.62. The van der Waals surface area contributed by atoms with Gasteiger partial charge >= 0.3 is 0 Å². The number of anilines is 2. The van der Waals surface area contributed by atoms with Crippen LogP contribution in [0.4, 0.5) is 11.6 Å². The predicted molar refractivity (Wildman–Crippen MR) is 117 cm³/mol. The van der Waals surface area contributed by atoms with E-state index in [2.05, 4.69) is 15.2 Å². The highest BCUT2D eigenvalue weighted by Crippen LogP contribution is 2.34. The minimum absolute atomic E-state index is 0.150. The molecule has 0 aliphatic carbocycles. The molecule has 1 aromatic heterocycles. The molecule has 0 saturated carbocycles. The summed E-state index contributed by atoms with van der Waals surface area (Å²) < 4.78 is 34.1. The van der Waals surface area contributed by atoms with Gasteiger partial charge < -0.3 is 4.52 Å². The van der Waals surface area contributed by atoms with Gasteiger partial charge in [-0.15, -0.1) is 0 Å². The Morgan fingerprint density at radius 2 is 1.77 bits per heavy atom. The Labute approximate surface area is 176 Å². The number of amides is 1. The number of nitrogens with zero attached hydrogens (tertiary/aromatic N) is 1. The van der Waals surface area contributed by atoms with Crippen LogP contribution in [0.3, 0.4) is 0 Å². The summed E-state index contributed by atoms with van der Waals surface area (Å²) in [5.74, 6) is -0.0955. The van der Waals surface area contributed by atoms with Gasteiger partial charge in [-0.2, -0.15) is 0 Å². The van der Waals surface area contributed by atoms with Crippen LogP contribution in [0.5, 0.6) is 0 Å². The first-order valence-corrected chi connectivity index (χ1v) is 11.2. The molecule has 3 rings (SSSR count). The number of carbonyl (C=O) groups excluding carboxylic acids is 1. The van der Waals surface area contributed by atoms with Crippen LogP contribution < -0.4 is 10.0 Å². The number of aromatic nitrogens is 1. The fourth-order valence-corrected chi connectivity index (χ4v) is 4.50. The van der Waals surface area contributed by atoms with E-state index in [0.717, 1.165) is 12.0 Å². The first-order chi connectivity index (χ1) is 14.2. The van der Waals surface area contributed by atoms with E-state index >= 15 is 0 Å². The van der Waals surface area contributed by atoms with E-state index in [9.17, 15) is 13.2 Å². The van der Waals surface area contributed by atoms with Crippen molar-refractivity contribution in [3.05, 3.63) is 59.3 Å². The largest absolute Gasteiger partial charge is 0.337 e. The van der Waals surface area contributed by atoms with Crippen molar-refractivity contribution in [1.82, 2.24) is 5.16 Å². The van der Waals surface area contributed by atoms with Gasteiger partial charge in [-0.3, -0.25) is 14.8 Å². The highest BCUT2D eigenvalue weighted by atomic mass is 32.2. The summed E-state index contributed by atoms with van der Waals surface area (Å²) >= 11 is 0. The van der Waals surface area contributed by atoms with Gasteiger partial charge in [0.25, 0.3) is 10.0 Å². The quantitative estimate of drug-likeness (QED) is 0.577. The van der Waals surface area contributed by atoms with Gasteiger partial charge in [-0.05, 0) is 54.7 Å². The Morgan fingerprint density at radius 3 is 2.37 bits per heavy atom. The van der Waals surface area contributed by atoms with Gasteiger partial charge in [-0.25, -0.2) is 8.42 Å². The molecule has 8 heteroatoms. The molecule has 1 amide bonds. The van der Waals surface area contributed by atoms with Crippen molar-refractivity contribution in [2.75, 3.05) is 10.0 Å². The van der Waals surface area contributed by atoms with Crippen LogP contribution in [0.15, 0.2) is 51.9 Å². The second-order valence-electron chi connectivity index (χ2n) is 7.00. The summed E-state index contributed by atoms with van der Waals surface area (Å²) in [6.07, 6.45) is 1.44. The fourth-order valence-electron chi connectivity index (χ4n) is 3.17. The normalized spacial score (nSPS) is 11.3. The van der Waals surface area contributed by atoms with Crippen LogP contribution in [0.25, 0.3) is 11.1 Å². The lowest BCUT2D eigenvalue weighted by Gasteiger charge is -2.13. The summed E-state index contributed by atoms with van der Waals surface area (Å²) in [6, 6.07) is 12.4. The molecule has 0 unspecified atom stereocenters. The van der Waals surface area contributed by atoms with E-state index in [4.69, 9.17) is 4.52 Å². The Balaban J connectivity index is 2.03. The average Bonchev–Trinajstić information content (AvgIpc) is 3.10. The number of benzene rings is 2. The zero-order valence-electron chi connectivity index (χ0n) is 17.4. The number of sulfonamides is 1. The van der Waals surface area contributed by atoms with E-state index in [1.54, 1.807) is 37.3 Å². The first-order valence-electron chi connectivity index (χ1n) is 9.74.